The molecule has 16 heavy (non-hydrogen) atoms. The Morgan fingerprint density at radius 3 is 2.31 bits per heavy atom. The first-order chi connectivity index (χ1) is 7.76. The van der Waals surface area contributed by atoms with Crippen molar-refractivity contribution in [3.8, 4) is 0 Å². The van der Waals surface area contributed by atoms with Crippen molar-refractivity contribution in [2.75, 3.05) is 26.2 Å². The molecule has 2 nitrogen and oxygen atoms in total. The third-order valence-electron chi connectivity index (χ3n) is 4.40. The number of aliphatic hydroxyl groups excluding tert-OH is 1. The summed E-state index contributed by atoms with van der Waals surface area (Å²) in [5.74, 6) is 0. The van der Waals surface area contributed by atoms with Crippen LogP contribution < -0.4 is 0 Å². The Morgan fingerprint density at radius 1 is 1.06 bits per heavy atom. The highest BCUT2D eigenvalue weighted by atomic mass is 16.2. The van der Waals surface area contributed by atoms with E-state index < -0.39 is 0 Å². The molecule has 1 fully saturated rings. The van der Waals surface area contributed by atoms with E-state index in [4.69, 9.17) is 5.11 Å². The van der Waals surface area contributed by atoms with Gasteiger partial charge in [0.2, 0.25) is 0 Å². The van der Waals surface area contributed by atoms with Gasteiger partial charge in [-0.15, -0.1) is 0 Å². The van der Waals surface area contributed by atoms with Gasteiger partial charge < -0.3 is 10.0 Å². The van der Waals surface area contributed by atoms with E-state index in [0.29, 0.717) is 12.0 Å². The van der Waals surface area contributed by atoms with Crippen LogP contribution in [0.25, 0.3) is 0 Å². The average Bonchev–Trinajstić information content (AvgIpc) is 2.73. The highest BCUT2D eigenvalue weighted by molar-refractivity contribution is 4.87. The molecular formula is C14H29NO. The Hall–Kier alpha value is -0.0800. The van der Waals surface area contributed by atoms with Crippen molar-refractivity contribution >= 4 is 0 Å². The van der Waals surface area contributed by atoms with E-state index in [1.165, 1.54) is 58.2 Å². The number of unbranched alkanes of at least 4 members (excludes halogenated alkanes) is 3. The van der Waals surface area contributed by atoms with Crippen LogP contribution in [0.5, 0.6) is 0 Å². The Kier molecular flexibility index (Phi) is 6.37. The average molecular weight is 227 g/mol. The van der Waals surface area contributed by atoms with Gasteiger partial charge in [-0.3, -0.25) is 0 Å². The second-order valence-corrected chi connectivity index (χ2v) is 5.37. The van der Waals surface area contributed by atoms with Gasteiger partial charge in [0.15, 0.2) is 0 Å². The van der Waals surface area contributed by atoms with Crippen LogP contribution >= 0.6 is 0 Å². The molecule has 0 aromatic carbocycles. The molecule has 1 aliphatic heterocycles. The van der Waals surface area contributed by atoms with Gasteiger partial charge in [-0.2, -0.15) is 0 Å². The Labute approximate surface area is 101 Å². The van der Waals surface area contributed by atoms with Crippen LogP contribution in [0.15, 0.2) is 0 Å². The maximum absolute atomic E-state index is 8.70. The van der Waals surface area contributed by atoms with E-state index in [2.05, 4.69) is 18.7 Å². The Bertz CT molecular complexity index is 178. The van der Waals surface area contributed by atoms with E-state index in [-0.39, 0.29) is 0 Å². The van der Waals surface area contributed by atoms with E-state index >= 15 is 0 Å². The summed E-state index contributed by atoms with van der Waals surface area (Å²) >= 11 is 0. The number of nitrogens with zero attached hydrogens (tertiary/aromatic N) is 1. The van der Waals surface area contributed by atoms with Crippen LogP contribution in [0.2, 0.25) is 0 Å². The maximum Gasteiger partial charge on any atom is 0.0431 e. The zero-order chi connectivity index (χ0) is 11.9. The second kappa shape index (κ2) is 7.29. The number of hydrogen-bond donors (Lipinski definition) is 1. The molecular weight excluding hydrogens is 198 g/mol. The van der Waals surface area contributed by atoms with E-state index in [1.807, 2.05) is 0 Å². The van der Waals surface area contributed by atoms with Crippen LogP contribution in [-0.4, -0.2) is 36.2 Å². The van der Waals surface area contributed by atoms with Crippen molar-refractivity contribution in [3.05, 3.63) is 0 Å². The van der Waals surface area contributed by atoms with E-state index in [9.17, 15) is 0 Å². The molecule has 0 aromatic heterocycles. The lowest BCUT2D eigenvalue weighted by Crippen LogP contribution is -2.27. The summed E-state index contributed by atoms with van der Waals surface area (Å²) in [6.45, 7) is 8.94. The fourth-order valence-corrected chi connectivity index (χ4v) is 2.85. The number of likely N-dealkylation sites (tertiary alicyclic amines) is 1. The van der Waals surface area contributed by atoms with Crippen LogP contribution in [-0.2, 0) is 0 Å². The molecule has 0 bridgehead atoms. The molecule has 0 saturated carbocycles. The molecule has 1 N–H and O–H groups in total. The minimum absolute atomic E-state index is 0.360. The van der Waals surface area contributed by atoms with Gasteiger partial charge in [0.1, 0.15) is 0 Å². The van der Waals surface area contributed by atoms with Gasteiger partial charge in [0, 0.05) is 13.2 Å². The van der Waals surface area contributed by atoms with Crippen molar-refractivity contribution in [3.63, 3.8) is 0 Å². The minimum Gasteiger partial charge on any atom is -0.396 e. The predicted octanol–water partition coefficient (Wildman–Crippen LogP) is 3.05. The van der Waals surface area contributed by atoms with Crippen molar-refractivity contribution in [2.24, 2.45) is 5.41 Å². The zero-order valence-electron chi connectivity index (χ0n) is 11.2. The summed E-state index contributed by atoms with van der Waals surface area (Å²) < 4.78 is 0. The molecule has 0 atom stereocenters. The fraction of sp³-hybridized carbons (Fsp3) is 1.00. The molecule has 0 radical (unpaired) electrons. The quantitative estimate of drug-likeness (QED) is 0.644. The standard InChI is InChI=1S/C14H29NO/c1-3-14(4-2)9-11-15(13-14)10-7-5-6-8-12-16/h16H,3-13H2,1-2H3. The third kappa shape index (κ3) is 4.06. The summed E-state index contributed by atoms with van der Waals surface area (Å²) in [7, 11) is 0. The van der Waals surface area contributed by atoms with Gasteiger partial charge >= 0.3 is 0 Å². The molecule has 0 amide bonds. The number of rotatable bonds is 8. The first-order valence-corrected chi connectivity index (χ1v) is 7.09. The molecule has 0 spiro atoms. The third-order valence-corrected chi connectivity index (χ3v) is 4.40. The molecule has 1 saturated heterocycles. The highest BCUT2D eigenvalue weighted by Gasteiger charge is 2.34. The van der Waals surface area contributed by atoms with Gasteiger partial charge in [-0.1, -0.05) is 26.7 Å². The van der Waals surface area contributed by atoms with E-state index in [1.54, 1.807) is 0 Å². The SMILES string of the molecule is CCC1(CC)CCN(CCCCCCO)C1. The smallest absolute Gasteiger partial charge is 0.0431 e. The number of hydrogen-bond acceptors (Lipinski definition) is 2. The topological polar surface area (TPSA) is 23.5 Å². The lowest BCUT2D eigenvalue weighted by molar-refractivity contribution is 0.236. The first kappa shape index (κ1) is 14.0. The molecule has 1 aliphatic rings. The Morgan fingerprint density at radius 2 is 1.75 bits per heavy atom. The molecule has 0 aromatic rings. The summed E-state index contributed by atoms with van der Waals surface area (Å²) in [5, 5.41) is 8.70. The van der Waals surface area contributed by atoms with Crippen LogP contribution in [0.3, 0.4) is 0 Å². The molecule has 0 aliphatic carbocycles. The van der Waals surface area contributed by atoms with Crippen molar-refractivity contribution in [1.82, 2.24) is 4.90 Å². The molecule has 1 heterocycles. The lowest BCUT2D eigenvalue weighted by Gasteiger charge is -2.26. The molecule has 0 unspecified atom stereocenters. The first-order valence-electron chi connectivity index (χ1n) is 7.09. The van der Waals surface area contributed by atoms with Gasteiger partial charge in [-0.25, -0.2) is 0 Å². The minimum atomic E-state index is 0.360. The van der Waals surface area contributed by atoms with Crippen LogP contribution in [0, 0.1) is 5.41 Å². The Balaban J connectivity index is 2.11. The van der Waals surface area contributed by atoms with Gasteiger partial charge in [0.25, 0.3) is 0 Å². The lowest BCUT2D eigenvalue weighted by atomic mass is 9.82. The fourth-order valence-electron chi connectivity index (χ4n) is 2.85. The summed E-state index contributed by atoms with van der Waals surface area (Å²) in [4.78, 5) is 2.64. The molecule has 2 heteroatoms. The maximum atomic E-state index is 8.70. The van der Waals surface area contributed by atoms with Crippen LogP contribution in [0.4, 0.5) is 0 Å². The molecule has 1 rings (SSSR count). The zero-order valence-corrected chi connectivity index (χ0v) is 11.2. The normalized spacial score (nSPS) is 20.4. The predicted molar refractivity (Wildman–Crippen MR) is 69.6 cm³/mol. The van der Waals surface area contributed by atoms with Gasteiger partial charge in [-0.05, 0) is 50.6 Å². The monoisotopic (exact) mass is 227 g/mol. The summed E-state index contributed by atoms with van der Waals surface area (Å²) in [5.41, 5.74) is 0.630. The highest BCUT2D eigenvalue weighted by Crippen LogP contribution is 2.36. The van der Waals surface area contributed by atoms with Crippen molar-refractivity contribution in [1.29, 1.82) is 0 Å². The van der Waals surface area contributed by atoms with Crippen LogP contribution in [0.1, 0.15) is 58.8 Å². The van der Waals surface area contributed by atoms with Crippen molar-refractivity contribution in [2.45, 2.75) is 58.8 Å². The van der Waals surface area contributed by atoms with Gasteiger partial charge in [0.05, 0.1) is 0 Å². The largest absolute Gasteiger partial charge is 0.396 e. The summed E-state index contributed by atoms with van der Waals surface area (Å²) in [6, 6.07) is 0. The van der Waals surface area contributed by atoms with E-state index in [0.717, 1.165) is 6.42 Å². The molecule has 96 valence electrons. The second-order valence-electron chi connectivity index (χ2n) is 5.37. The van der Waals surface area contributed by atoms with Crippen molar-refractivity contribution < 1.29 is 5.11 Å². The number of aliphatic hydroxyl groups is 1. The summed E-state index contributed by atoms with van der Waals surface area (Å²) in [6.07, 6.45) is 8.84.